The third-order valence-electron chi connectivity index (χ3n) is 3.54. The summed E-state index contributed by atoms with van der Waals surface area (Å²) in [5, 5.41) is 6.68. The number of nitrogens with zero attached hydrogens (tertiary/aromatic N) is 3. The molecule has 2 heterocycles. The third kappa shape index (κ3) is 3.13. The van der Waals surface area contributed by atoms with Crippen LogP contribution in [0.2, 0.25) is 0 Å². The Morgan fingerprint density at radius 2 is 1.96 bits per heavy atom. The number of hydrogen-bond donors (Lipinski definition) is 1. The molecule has 3 rings (SSSR count). The lowest BCUT2D eigenvalue weighted by Gasteiger charge is -2.08. The van der Waals surface area contributed by atoms with Crippen molar-refractivity contribution in [2.75, 3.05) is 0 Å². The molecule has 0 bridgehead atoms. The Morgan fingerprint density at radius 1 is 1.22 bits per heavy atom. The van der Waals surface area contributed by atoms with Crippen LogP contribution >= 0.6 is 0 Å². The predicted molar refractivity (Wildman–Crippen MR) is 82.4 cm³/mol. The zero-order valence-corrected chi connectivity index (χ0v) is 12.5. The van der Waals surface area contributed by atoms with E-state index in [0.717, 1.165) is 15.9 Å². The van der Waals surface area contributed by atoms with E-state index in [1.165, 1.54) is 16.5 Å². The molecule has 23 heavy (non-hydrogen) atoms. The number of aromatic nitrogens is 3. The fraction of sp³-hybridized carbons (Fsp3) is 0.188. The van der Waals surface area contributed by atoms with Crippen LogP contribution < -0.4 is 11.0 Å². The van der Waals surface area contributed by atoms with Crippen molar-refractivity contribution in [3.63, 3.8) is 0 Å². The maximum atomic E-state index is 12.8. The molecule has 0 atom stereocenters. The largest absolute Gasteiger partial charge is 0.350 e. The molecule has 2 aromatic heterocycles. The van der Waals surface area contributed by atoms with Crippen LogP contribution in [-0.4, -0.2) is 20.1 Å². The normalized spacial score (nSPS) is 10.9. The van der Waals surface area contributed by atoms with Gasteiger partial charge >= 0.3 is 5.69 Å². The Hall–Kier alpha value is -2.96. The molecule has 6 nitrogen and oxygen atoms in total. The SMILES string of the molecule is Cc1ccc2cnn(CC(=O)NCc3ccc(F)cc3)c(=O)n12. The van der Waals surface area contributed by atoms with Crippen LogP contribution in [0, 0.1) is 12.7 Å². The molecule has 0 saturated carbocycles. The molecule has 0 radical (unpaired) electrons. The van der Waals surface area contributed by atoms with E-state index in [2.05, 4.69) is 10.4 Å². The van der Waals surface area contributed by atoms with Gasteiger partial charge in [-0.3, -0.25) is 9.20 Å². The molecule has 0 saturated heterocycles. The van der Waals surface area contributed by atoms with Gasteiger partial charge in [-0.1, -0.05) is 12.1 Å². The quantitative estimate of drug-likeness (QED) is 0.788. The maximum absolute atomic E-state index is 12.8. The molecule has 1 aromatic carbocycles. The number of nitrogens with one attached hydrogen (secondary N) is 1. The maximum Gasteiger partial charge on any atom is 0.349 e. The lowest BCUT2D eigenvalue weighted by atomic mass is 10.2. The molecule has 118 valence electrons. The van der Waals surface area contributed by atoms with Crippen LogP contribution in [-0.2, 0) is 17.9 Å². The van der Waals surface area contributed by atoms with Crippen molar-refractivity contribution in [2.45, 2.75) is 20.0 Å². The summed E-state index contributed by atoms with van der Waals surface area (Å²) in [5.41, 5.74) is 1.89. The average Bonchev–Trinajstić information content (AvgIpc) is 2.91. The minimum absolute atomic E-state index is 0.173. The molecule has 0 spiro atoms. The summed E-state index contributed by atoms with van der Waals surface area (Å²) in [5.74, 6) is -0.667. The van der Waals surface area contributed by atoms with Gasteiger partial charge in [0.15, 0.2) is 0 Å². The minimum atomic E-state index is -0.359. The number of amides is 1. The highest BCUT2D eigenvalue weighted by molar-refractivity contribution is 5.75. The molecule has 7 heteroatoms. The highest BCUT2D eigenvalue weighted by atomic mass is 19.1. The number of fused-ring (bicyclic) bond motifs is 1. The first-order chi connectivity index (χ1) is 11.0. The summed E-state index contributed by atoms with van der Waals surface area (Å²) in [6.45, 7) is 1.90. The van der Waals surface area contributed by atoms with Crippen molar-refractivity contribution in [1.29, 1.82) is 0 Å². The van der Waals surface area contributed by atoms with Gasteiger partial charge in [0.2, 0.25) is 5.91 Å². The molecular weight excluding hydrogens is 299 g/mol. The Balaban J connectivity index is 1.70. The number of aryl methyl sites for hydroxylation is 1. The number of benzene rings is 1. The van der Waals surface area contributed by atoms with Gasteiger partial charge in [0.05, 0.1) is 11.7 Å². The molecular formula is C16H15FN4O2. The smallest absolute Gasteiger partial charge is 0.349 e. The Kier molecular flexibility index (Phi) is 3.92. The second-order valence-electron chi connectivity index (χ2n) is 5.22. The first-order valence-electron chi connectivity index (χ1n) is 7.10. The second-order valence-corrected chi connectivity index (χ2v) is 5.22. The standard InChI is InChI=1S/C16H15FN4O2/c1-11-2-7-14-9-19-20(16(23)21(11)14)10-15(22)18-8-12-3-5-13(17)6-4-12/h2-7,9H,8,10H2,1H3,(H,18,22). The van der Waals surface area contributed by atoms with Crippen LogP contribution in [0.25, 0.3) is 5.52 Å². The summed E-state index contributed by atoms with van der Waals surface area (Å²) >= 11 is 0. The number of hydrogen-bond acceptors (Lipinski definition) is 3. The minimum Gasteiger partial charge on any atom is -0.350 e. The molecule has 1 amide bonds. The topological polar surface area (TPSA) is 68.4 Å². The molecule has 0 aliphatic rings. The van der Waals surface area contributed by atoms with Gasteiger partial charge in [-0.15, -0.1) is 0 Å². The molecule has 0 aliphatic heterocycles. The third-order valence-corrected chi connectivity index (χ3v) is 3.54. The summed E-state index contributed by atoms with van der Waals surface area (Å²) in [7, 11) is 0. The summed E-state index contributed by atoms with van der Waals surface area (Å²) in [4.78, 5) is 24.3. The van der Waals surface area contributed by atoms with Crippen molar-refractivity contribution in [3.8, 4) is 0 Å². The van der Waals surface area contributed by atoms with E-state index >= 15 is 0 Å². The van der Waals surface area contributed by atoms with E-state index < -0.39 is 0 Å². The lowest BCUT2D eigenvalue weighted by Crippen LogP contribution is -2.36. The second kappa shape index (κ2) is 6.04. The zero-order valence-electron chi connectivity index (χ0n) is 12.5. The van der Waals surface area contributed by atoms with Gasteiger partial charge in [0, 0.05) is 12.2 Å². The van der Waals surface area contributed by atoms with Crippen molar-refractivity contribution in [1.82, 2.24) is 19.5 Å². The molecule has 1 N–H and O–H groups in total. The monoisotopic (exact) mass is 314 g/mol. The molecule has 0 aliphatic carbocycles. The van der Waals surface area contributed by atoms with E-state index in [1.54, 1.807) is 24.4 Å². The van der Waals surface area contributed by atoms with Gasteiger partial charge in [0.25, 0.3) is 0 Å². The highest BCUT2D eigenvalue weighted by Gasteiger charge is 2.09. The van der Waals surface area contributed by atoms with Gasteiger partial charge in [-0.05, 0) is 36.8 Å². The van der Waals surface area contributed by atoms with Gasteiger partial charge in [-0.25, -0.2) is 13.9 Å². The Bertz CT molecular complexity index is 912. The summed E-state index contributed by atoms with van der Waals surface area (Å²) in [6, 6.07) is 9.46. The highest BCUT2D eigenvalue weighted by Crippen LogP contribution is 2.04. The fourth-order valence-electron chi connectivity index (χ4n) is 2.32. The lowest BCUT2D eigenvalue weighted by molar-refractivity contribution is -0.122. The van der Waals surface area contributed by atoms with Gasteiger partial charge in [0.1, 0.15) is 12.4 Å². The summed E-state index contributed by atoms with van der Waals surface area (Å²) in [6.07, 6.45) is 1.54. The fourth-order valence-corrected chi connectivity index (χ4v) is 2.32. The van der Waals surface area contributed by atoms with Crippen molar-refractivity contribution in [2.24, 2.45) is 0 Å². The number of halogens is 1. The van der Waals surface area contributed by atoms with Crippen LogP contribution in [0.15, 0.2) is 47.4 Å². The van der Waals surface area contributed by atoms with E-state index in [0.29, 0.717) is 5.52 Å². The van der Waals surface area contributed by atoms with Gasteiger partial charge < -0.3 is 5.32 Å². The molecule has 3 aromatic rings. The zero-order chi connectivity index (χ0) is 16.4. The van der Waals surface area contributed by atoms with Gasteiger partial charge in [-0.2, -0.15) is 5.10 Å². The van der Waals surface area contributed by atoms with E-state index in [1.807, 2.05) is 13.0 Å². The van der Waals surface area contributed by atoms with Crippen molar-refractivity contribution < 1.29 is 9.18 Å². The first-order valence-corrected chi connectivity index (χ1v) is 7.10. The van der Waals surface area contributed by atoms with E-state index in [9.17, 15) is 14.0 Å². The number of carbonyl (C=O) groups excluding carboxylic acids is 1. The average molecular weight is 314 g/mol. The Labute approximate surface area is 131 Å². The number of carbonyl (C=O) groups is 1. The predicted octanol–water partition coefficient (Wildman–Crippen LogP) is 1.26. The first kappa shape index (κ1) is 15.0. The van der Waals surface area contributed by atoms with E-state index in [4.69, 9.17) is 0 Å². The van der Waals surface area contributed by atoms with E-state index in [-0.39, 0.29) is 30.5 Å². The van der Waals surface area contributed by atoms with Crippen LogP contribution in [0.5, 0.6) is 0 Å². The van der Waals surface area contributed by atoms with Crippen molar-refractivity contribution >= 4 is 11.4 Å². The molecule has 0 unspecified atom stereocenters. The van der Waals surface area contributed by atoms with Crippen LogP contribution in [0.3, 0.4) is 0 Å². The summed E-state index contributed by atoms with van der Waals surface area (Å²) < 4.78 is 15.4. The van der Waals surface area contributed by atoms with Crippen LogP contribution in [0.4, 0.5) is 4.39 Å². The van der Waals surface area contributed by atoms with Crippen LogP contribution in [0.1, 0.15) is 11.3 Å². The molecule has 0 fully saturated rings. The number of rotatable bonds is 4. The Morgan fingerprint density at radius 3 is 2.70 bits per heavy atom. The van der Waals surface area contributed by atoms with Crippen molar-refractivity contribution in [3.05, 3.63) is 70.2 Å².